The first-order chi connectivity index (χ1) is 7.27. The van der Waals surface area contributed by atoms with E-state index in [1.54, 1.807) is 0 Å². The molecule has 0 bridgehead atoms. The van der Waals surface area contributed by atoms with Crippen LogP contribution in [0.1, 0.15) is 30.7 Å². The second-order valence-corrected chi connectivity index (χ2v) is 5.03. The van der Waals surface area contributed by atoms with Crippen molar-refractivity contribution in [1.29, 1.82) is 0 Å². The average molecular weight is 226 g/mol. The zero-order valence-corrected chi connectivity index (χ0v) is 10.6. The van der Waals surface area contributed by atoms with Crippen molar-refractivity contribution in [2.75, 3.05) is 13.1 Å². The van der Waals surface area contributed by atoms with Gasteiger partial charge < -0.3 is 11.1 Å². The van der Waals surface area contributed by atoms with Crippen LogP contribution in [0.3, 0.4) is 0 Å². The summed E-state index contributed by atoms with van der Waals surface area (Å²) in [4.78, 5) is 1.48. The fourth-order valence-corrected chi connectivity index (χ4v) is 2.45. The van der Waals surface area contributed by atoms with Crippen molar-refractivity contribution in [2.24, 2.45) is 11.7 Å². The zero-order chi connectivity index (χ0) is 11.1. The van der Waals surface area contributed by atoms with E-state index in [2.05, 4.69) is 30.6 Å². The molecule has 0 amide bonds. The number of nitrogens with one attached hydrogen (secondary N) is 1. The van der Waals surface area contributed by atoms with Gasteiger partial charge in [0.1, 0.15) is 0 Å². The normalized spacial score (nSPS) is 13.0. The predicted octanol–water partition coefficient (Wildman–Crippen LogP) is 2.39. The van der Waals surface area contributed by atoms with Gasteiger partial charge in [-0.05, 0) is 48.9 Å². The van der Waals surface area contributed by atoms with Gasteiger partial charge in [0.2, 0.25) is 0 Å². The Bertz CT molecular complexity index is 270. The Balaban J connectivity index is 2.20. The fourth-order valence-electron chi connectivity index (χ4n) is 1.51. The van der Waals surface area contributed by atoms with Crippen LogP contribution in [0.15, 0.2) is 11.4 Å². The lowest BCUT2D eigenvalue weighted by molar-refractivity contribution is 0.510. The van der Waals surface area contributed by atoms with E-state index in [1.165, 1.54) is 16.9 Å². The smallest absolute Gasteiger partial charge is 0.0302 e. The van der Waals surface area contributed by atoms with Crippen molar-refractivity contribution >= 4 is 11.3 Å². The van der Waals surface area contributed by atoms with Crippen molar-refractivity contribution in [3.63, 3.8) is 0 Å². The maximum atomic E-state index is 5.57. The van der Waals surface area contributed by atoms with Crippen LogP contribution in [0.5, 0.6) is 0 Å². The van der Waals surface area contributed by atoms with E-state index in [0.717, 1.165) is 26.1 Å². The molecule has 0 aromatic carbocycles. The quantitative estimate of drug-likeness (QED) is 0.701. The molecule has 2 nitrogen and oxygen atoms in total. The SMILES string of the molecule is CCc1ccsc1CNCCC(C)CN. The number of rotatable bonds is 7. The molecule has 1 heterocycles. The Morgan fingerprint density at radius 1 is 1.53 bits per heavy atom. The zero-order valence-electron chi connectivity index (χ0n) is 9.75. The Morgan fingerprint density at radius 3 is 3.00 bits per heavy atom. The molecule has 0 saturated heterocycles. The van der Waals surface area contributed by atoms with Crippen LogP contribution >= 0.6 is 11.3 Å². The second-order valence-electron chi connectivity index (χ2n) is 4.03. The molecule has 1 rings (SSSR count). The Morgan fingerprint density at radius 2 is 2.33 bits per heavy atom. The van der Waals surface area contributed by atoms with E-state index in [0.29, 0.717) is 5.92 Å². The molecule has 1 atom stereocenters. The van der Waals surface area contributed by atoms with Gasteiger partial charge in [-0.25, -0.2) is 0 Å². The van der Waals surface area contributed by atoms with Gasteiger partial charge in [0, 0.05) is 11.4 Å². The first kappa shape index (κ1) is 12.7. The van der Waals surface area contributed by atoms with E-state index >= 15 is 0 Å². The summed E-state index contributed by atoms with van der Waals surface area (Å²) in [7, 11) is 0. The first-order valence-electron chi connectivity index (χ1n) is 5.74. The summed E-state index contributed by atoms with van der Waals surface area (Å²) >= 11 is 1.85. The van der Waals surface area contributed by atoms with Crippen molar-refractivity contribution in [2.45, 2.75) is 33.2 Å². The standard InChI is InChI=1S/C12H22N2S/c1-3-11-5-7-15-12(11)9-14-6-4-10(2)8-13/h5,7,10,14H,3-4,6,8-9,13H2,1-2H3. The summed E-state index contributed by atoms with van der Waals surface area (Å²) in [5, 5.41) is 5.66. The highest BCUT2D eigenvalue weighted by Gasteiger charge is 2.02. The van der Waals surface area contributed by atoms with E-state index < -0.39 is 0 Å². The highest BCUT2D eigenvalue weighted by Crippen LogP contribution is 2.16. The molecular weight excluding hydrogens is 204 g/mol. The third-order valence-corrected chi connectivity index (χ3v) is 3.68. The second kappa shape index (κ2) is 6.99. The molecule has 0 aliphatic carbocycles. The van der Waals surface area contributed by atoms with E-state index in [1.807, 2.05) is 11.3 Å². The molecular formula is C12H22N2S. The lowest BCUT2D eigenvalue weighted by atomic mass is 10.1. The Hall–Kier alpha value is -0.380. The minimum Gasteiger partial charge on any atom is -0.330 e. The van der Waals surface area contributed by atoms with Crippen LogP contribution in [0.4, 0.5) is 0 Å². The van der Waals surface area contributed by atoms with Gasteiger partial charge in [0.15, 0.2) is 0 Å². The van der Waals surface area contributed by atoms with Crippen LogP contribution in [0, 0.1) is 5.92 Å². The summed E-state index contributed by atoms with van der Waals surface area (Å²) < 4.78 is 0. The minimum absolute atomic E-state index is 0.631. The van der Waals surface area contributed by atoms with Crippen molar-refractivity contribution in [1.82, 2.24) is 5.32 Å². The van der Waals surface area contributed by atoms with Crippen molar-refractivity contribution in [3.05, 3.63) is 21.9 Å². The summed E-state index contributed by atoms with van der Waals surface area (Å²) in [5.41, 5.74) is 7.05. The summed E-state index contributed by atoms with van der Waals surface area (Å²) in [6.45, 7) is 7.28. The molecule has 15 heavy (non-hydrogen) atoms. The van der Waals surface area contributed by atoms with Crippen LogP contribution in [0.25, 0.3) is 0 Å². The molecule has 0 fully saturated rings. The summed E-state index contributed by atoms with van der Waals surface area (Å²) in [6.07, 6.45) is 2.31. The predicted molar refractivity (Wildman–Crippen MR) is 68.2 cm³/mol. The number of hydrogen-bond donors (Lipinski definition) is 2. The molecule has 3 N–H and O–H groups in total. The summed E-state index contributed by atoms with van der Waals surface area (Å²) in [5.74, 6) is 0.631. The van der Waals surface area contributed by atoms with Crippen LogP contribution in [-0.2, 0) is 13.0 Å². The van der Waals surface area contributed by atoms with Crippen molar-refractivity contribution < 1.29 is 0 Å². The van der Waals surface area contributed by atoms with Gasteiger partial charge in [-0.15, -0.1) is 11.3 Å². The molecule has 1 aromatic heterocycles. The fraction of sp³-hybridized carbons (Fsp3) is 0.667. The van der Waals surface area contributed by atoms with Gasteiger partial charge in [-0.2, -0.15) is 0 Å². The van der Waals surface area contributed by atoms with Gasteiger partial charge in [-0.3, -0.25) is 0 Å². The minimum atomic E-state index is 0.631. The van der Waals surface area contributed by atoms with Gasteiger partial charge in [0.25, 0.3) is 0 Å². The highest BCUT2D eigenvalue weighted by molar-refractivity contribution is 7.10. The van der Waals surface area contributed by atoms with E-state index in [9.17, 15) is 0 Å². The molecule has 0 radical (unpaired) electrons. The number of nitrogens with two attached hydrogens (primary N) is 1. The molecule has 0 aliphatic rings. The van der Waals surface area contributed by atoms with Gasteiger partial charge >= 0.3 is 0 Å². The first-order valence-corrected chi connectivity index (χ1v) is 6.61. The third kappa shape index (κ3) is 4.33. The molecule has 0 spiro atoms. The highest BCUT2D eigenvalue weighted by atomic mass is 32.1. The molecule has 0 aliphatic heterocycles. The molecule has 0 saturated carbocycles. The van der Waals surface area contributed by atoms with E-state index in [4.69, 9.17) is 5.73 Å². The van der Waals surface area contributed by atoms with Crippen molar-refractivity contribution in [3.8, 4) is 0 Å². The Labute approximate surface area is 96.9 Å². The molecule has 1 aromatic rings. The molecule has 86 valence electrons. The summed E-state index contributed by atoms with van der Waals surface area (Å²) in [6, 6.07) is 2.23. The number of thiophene rings is 1. The maximum absolute atomic E-state index is 5.57. The lowest BCUT2D eigenvalue weighted by Gasteiger charge is -2.09. The lowest BCUT2D eigenvalue weighted by Crippen LogP contribution is -2.20. The average Bonchev–Trinajstić information content (AvgIpc) is 2.71. The Kier molecular flexibility index (Phi) is 5.91. The van der Waals surface area contributed by atoms with Crippen LogP contribution < -0.4 is 11.1 Å². The molecule has 1 unspecified atom stereocenters. The maximum Gasteiger partial charge on any atom is 0.0302 e. The largest absolute Gasteiger partial charge is 0.330 e. The van der Waals surface area contributed by atoms with Gasteiger partial charge in [0.05, 0.1) is 0 Å². The molecule has 3 heteroatoms. The van der Waals surface area contributed by atoms with Gasteiger partial charge in [-0.1, -0.05) is 13.8 Å². The van der Waals surface area contributed by atoms with Crippen LogP contribution in [0.2, 0.25) is 0 Å². The van der Waals surface area contributed by atoms with E-state index in [-0.39, 0.29) is 0 Å². The monoisotopic (exact) mass is 226 g/mol. The third-order valence-electron chi connectivity index (χ3n) is 2.72. The number of hydrogen-bond acceptors (Lipinski definition) is 3. The number of aryl methyl sites for hydroxylation is 1. The topological polar surface area (TPSA) is 38.0 Å². The van der Waals surface area contributed by atoms with Crippen LogP contribution in [-0.4, -0.2) is 13.1 Å².